The number of benzene rings is 1. The smallest absolute Gasteiger partial charge is 0.0667 e. The average Bonchev–Trinajstić information content (AvgIpc) is 2.96. The Hall–Kier alpha value is -1.10. The monoisotopic (exact) mass is 304 g/mol. The van der Waals surface area contributed by atoms with Crippen LogP contribution in [0.2, 0.25) is 0 Å². The maximum atomic E-state index is 9.89. The van der Waals surface area contributed by atoms with E-state index in [1.807, 2.05) is 0 Å². The molecule has 2 aliphatic rings. The van der Waals surface area contributed by atoms with Crippen LogP contribution in [-0.4, -0.2) is 60.0 Å². The van der Waals surface area contributed by atoms with Gasteiger partial charge in [-0.15, -0.1) is 0 Å². The third-order valence-electron chi connectivity index (χ3n) is 5.15. The van der Waals surface area contributed by atoms with Gasteiger partial charge in [-0.25, -0.2) is 0 Å². The first-order valence-corrected chi connectivity index (χ1v) is 8.50. The van der Waals surface area contributed by atoms with Crippen molar-refractivity contribution in [1.29, 1.82) is 0 Å². The number of likely N-dealkylation sites (tertiary alicyclic amines) is 1. The molecule has 2 heterocycles. The van der Waals surface area contributed by atoms with Gasteiger partial charge in [0.1, 0.15) is 0 Å². The fourth-order valence-corrected chi connectivity index (χ4v) is 3.88. The highest BCUT2D eigenvalue weighted by Crippen LogP contribution is 2.27. The van der Waals surface area contributed by atoms with Crippen LogP contribution in [0.1, 0.15) is 24.8 Å². The Labute approximate surface area is 133 Å². The number of aryl methyl sites for hydroxylation is 1. The van der Waals surface area contributed by atoms with E-state index in [1.165, 1.54) is 17.7 Å². The van der Waals surface area contributed by atoms with Crippen LogP contribution >= 0.6 is 0 Å². The average molecular weight is 304 g/mol. The topological polar surface area (TPSA) is 46.9 Å². The normalized spacial score (nSPS) is 30.0. The molecule has 2 fully saturated rings. The molecular weight excluding hydrogens is 276 g/mol. The van der Waals surface area contributed by atoms with E-state index in [1.54, 1.807) is 0 Å². The molecule has 22 heavy (non-hydrogen) atoms. The molecule has 0 amide bonds. The van der Waals surface area contributed by atoms with Gasteiger partial charge < -0.3 is 15.1 Å². The second-order valence-corrected chi connectivity index (χ2v) is 6.96. The summed E-state index contributed by atoms with van der Waals surface area (Å²) in [5.74, 6) is 0.625. The molecule has 0 aliphatic carbocycles. The molecule has 1 aromatic carbocycles. The van der Waals surface area contributed by atoms with E-state index in [9.17, 15) is 10.2 Å². The number of hydrogen-bond acceptors (Lipinski definition) is 4. The van der Waals surface area contributed by atoms with Gasteiger partial charge in [0.25, 0.3) is 0 Å². The molecule has 0 saturated carbocycles. The summed E-state index contributed by atoms with van der Waals surface area (Å²) < 4.78 is 0. The highest BCUT2D eigenvalue weighted by Gasteiger charge is 2.31. The maximum Gasteiger partial charge on any atom is 0.0667 e. The van der Waals surface area contributed by atoms with Crippen molar-refractivity contribution in [3.8, 4) is 0 Å². The highest BCUT2D eigenvalue weighted by molar-refractivity contribution is 5.49. The van der Waals surface area contributed by atoms with E-state index >= 15 is 0 Å². The number of hydrogen-bond donors (Lipinski definition) is 2. The molecule has 0 aromatic heterocycles. The second-order valence-electron chi connectivity index (χ2n) is 6.96. The minimum absolute atomic E-state index is 0.209. The molecule has 0 unspecified atom stereocenters. The van der Waals surface area contributed by atoms with E-state index in [0.717, 1.165) is 32.5 Å². The summed E-state index contributed by atoms with van der Waals surface area (Å²) in [7, 11) is 0. The van der Waals surface area contributed by atoms with Gasteiger partial charge in [-0.1, -0.05) is 12.1 Å². The van der Waals surface area contributed by atoms with Crippen LogP contribution in [0.3, 0.4) is 0 Å². The lowest BCUT2D eigenvalue weighted by molar-refractivity contribution is 0.00726. The Kier molecular flexibility index (Phi) is 5.01. The minimum Gasteiger partial charge on any atom is -0.395 e. The third kappa shape index (κ3) is 3.62. The maximum absolute atomic E-state index is 9.89. The first kappa shape index (κ1) is 15.8. The molecule has 1 aromatic rings. The van der Waals surface area contributed by atoms with Gasteiger partial charge in [-0.2, -0.15) is 0 Å². The summed E-state index contributed by atoms with van der Waals surface area (Å²) in [6.45, 7) is 6.23. The van der Waals surface area contributed by atoms with Gasteiger partial charge in [0.15, 0.2) is 0 Å². The molecule has 0 bridgehead atoms. The van der Waals surface area contributed by atoms with Crippen LogP contribution in [0.5, 0.6) is 0 Å². The Morgan fingerprint density at radius 1 is 1.18 bits per heavy atom. The van der Waals surface area contributed by atoms with Gasteiger partial charge in [-0.3, -0.25) is 4.90 Å². The zero-order chi connectivity index (χ0) is 15.5. The fraction of sp³-hybridized carbons (Fsp3) is 0.667. The van der Waals surface area contributed by atoms with Crippen LogP contribution in [0.15, 0.2) is 24.3 Å². The molecule has 122 valence electrons. The zero-order valence-electron chi connectivity index (χ0n) is 13.5. The third-order valence-corrected chi connectivity index (χ3v) is 5.15. The summed E-state index contributed by atoms with van der Waals surface area (Å²) in [6.07, 6.45) is 2.70. The molecule has 4 nitrogen and oxygen atoms in total. The van der Waals surface area contributed by atoms with E-state index < -0.39 is 0 Å². The van der Waals surface area contributed by atoms with Gasteiger partial charge >= 0.3 is 0 Å². The Balaban J connectivity index is 1.58. The quantitative estimate of drug-likeness (QED) is 0.888. The Morgan fingerprint density at radius 3 is 2.82 bits per heavy atom. The van der Waals surface area contributed by atoms with E-state index in [4.69, 9.17) is 0 Å². The van der Waals surface area contributed by atoms with E-state index in [-0.39, 0.29) is 18.8 Å². The zero-order valence-corrected chi connectivity index (χ0v) is 13.5. The van der Waals surface area contributed by atoms with Crippen molar-refractivity contribution in [2.45, 2.75) is 38.3 Å². The van der Waals surface area contributed by atoms with Crippen LogP contribution in [0.25, 0.3) is 0 Å². The first-order chi connectivity index (χ1) is 10.7. The predicted molar refractivity (Wildman–Crippen MR) is 89.2 cm³/mol. The number of anilines is 1. The van der Waals surface area contributed by atoms with Gasteiger partial charge in [-0.05, 0) is 49.8 Å². The highest BCUT2D eigenvalue weighted by atomic mass is 16.3. The number of aliphatic hydroxyl groups is 2. The lowest BCUT2D eigenvalue weighted by Crippen LogP contribution is -2.49. The summed E-state index contributed by atoms with van der Waals surface area (Å²) in [5.41, 5.74) is 2.63. The summed E-state index contributed by atoms with van der Waals surface area (Å²) in [5, 5.41) is 19.4. The van der Waals surface area contributed by atoms with Gasteiger partial charge in [0.2, 0.25) is 0 Å². The van der Waals surface area contributed by atoms with E-state index in [0.29, 0.717) is 12.5 Å². The molecule has 2 aliphatic heterocycles. The molecule has 0 spiro atoms. The standard InChI is InChI=1S/C18H28N2O2/c1-14-3-2-4-16(9-14)19-8-7-15(10-19)11-20-12-18(22)6-5-17(20)13-21/h2-4,9,15,17-18,21-22H,5-8,10-13H2,1H3/t15-,17+,18+/m0/s1. The Morgan fingerprint density at radius 2 is 2.05 bits per heavy atom. The summed E-state index contributed by atoms with van der Waals surface area (Å²) in [6, 6.07) is 8.94. The lowest BCUT2D eigenvalue weighted by Gasteiger charge is -2.38. The summed E-state index contributed by atoms with van der Waals surface area (Å²) in [4.78, 5) is 4.77. The first-order valence-electron chi connectivity index (χ1n) is 8.50. The van der Waals surface area contributed by atoms with Crippen LogP contribution in [0.4, 0.5) is 5.69 Å². The van der Waals surface area contributed by atoms with Crippen molar-refractivity contribution in [2.75, 3.05) is 37.7 Å². The minimum atomic E-state index is -0.225. The molecular formula is C18H28N2O2. The van der Waals surface area contributed by atoms with Crippen LogP contribution in [0, 0.1) is 12.8 Å². The lowest BCUT2D eigenvalue weighted by atomic mass is 9.98. The van der Waals surface area contributed by atoms with Crippen molar-refractivity contribution in [2.24, 2.45) is 5.92 Å². The number of β-amino-alcohol motifs (C(OH)–C–C–N with tert-alkyl or cyclic N) is 1. The largest absolute Gasteiger partial charge is 0.395 e. The van der Waals surface area contributed by atoms with Crippen LogP contribution < -0.4 is 4.90 Å². The number of rotatable bonds is 4. The molecule has 2 N–H and O–H groups in total. The number of piperidine rings is 1. The van der Waals surface area contributed by atoms with Gasteiger partial charge in [0, 0.05) is 37.9 Å². The van der Waals surface area contributed by atoms with Crippen molar-refractivity contribution < 1.29 is 10.2 Å². The van der Waals surface area contributed by atoms with Crippen molar-refractivity contribution >= 4 is 5.69 Å². The predicted octanol–water partition coefficient (Wildman–Crippen LogP) is 1.64. The second kappa shape index (κ2) is 6.99. The van der Waals surface area contributed by atoms with E-state index in [2.05, 4.69) is 41.0 Å². The SMILES string of the molecule is Cc1cccc(N2CC[C@H](CN3C[C@H](O)CC[C@@H]3CO)C2)c1. The molecule has 4 heteroatoms. The number of nitrogens with zero attached hydrogens (tertiary/aromatic N) is 2. The fourth-order valence-electron chi connectivity index (χ4n) is 3.88. The van der Waals surface area contributed by atoms with Gasteiger partial charge in [0.05, 0.1) is 12.7 Å². The van der Waals surface area contributed by atoms with Crippen molar-refractivity contribution in [3.05, 3.63) is 29.8 Å². The molecule has 0 radical (unpaired) electrons. The van der Waals surface area contributed by atoms with Crippen LogP contribution in [-0.2, 0) is 0 Å². The molecule has 3 atom stereocenters. The number of aliphatic hydroxyl groups excluding tert-OH is 2. The Bertz CT molecular complexity index is 494. The summed E-state index contributed by atoms with van der Waals surface area (Å²) >= 11 is 0. The molecule has 3 rings (SSSR count). The van der Waals surface area contributed by atoms with Crippen molar-refractivity contribution in [3.63, 3.8) is 0 Å². The molecule has 2 saturated heterocycles. The van der Waals surface area contributed by atoms with Crippen molar-refractivity contribution in [1.82, 2.24) is 4.90 Å².